The fourth-order valence-corrected chi connectivity index (χ4v) is 2.15. The van der Waals surface area contributed by atoms with Crippen molar-refractivity contribution in [2.75, 3.05) is 0 Å². The van der Waals surface area contributed by atoms with Gasteiger partial charge in [-0.15, -0.1) is 0 Å². The zero-order valence-corrected chi connectivity index (χ0v) is 12.6. The van der Waals surface area contributed by atoms with Gasteiger partial charge in [-0.25, -0.2) is 0 Å². The molecule has 1 saturated heterocycles. The fourth-order valence-electron chi connectivity index (χ4n) is 2.15. The van der Waals surface area contributed by atoms with Crippen molar-refractivity contribution in [2.45, 2.75) is 65.8 Å². The molecule has 1 N–H and O–H groups in total. The Kier molecular flexibility index (Phi) is 4.01. The van der Waals surface area contributed by atoms with Crippen LogP contribution in [0.25, 0.3) is 0 Å². The van der Waals surface area contributed by atoms with Gasteiger partial charge in [-0.2, -0.15) is 0 Å². The van der Waals surface area contributed by atoms with Crippen LogP contribution in [-0.4, -0.2) is 28.4 Å². The van der Waals surface area contributed by atoms with E-state index in [0.29, 0.717) is 6.42 Å². The number of carbonyl (C=O) groups excluding carboxylic acids is 2. The maximum Gasteiger partial charge on any atom is 0.312 e. The van der Waals surface area contributed by atoms with E-state index in [1.165, 1.54) is 6.92 Å². The smallest absolute Gasteiger partial charge is 0.312 e. The summed E-state index contributed by atoms with van der Waals surface area (Å²) in [6.07, 6.45) is 0.452. The predicted molar refractivity (Wildman–Crippen MR) is 69.1 cm³/mol. The molecule has 0 aromatic heterocycles. The van der Waals surface area contributed by atoms with E-state index in [1.54, 1.807) is 34.6 Å². The van der Waals surface area contributed by atoms with Gasteiger partial charge in [0.1, 0.15) is 5.60 Å². The normalized spacial score (nSPS) is 30.1. The molecule has 2 atom stereocenters. The number of ether oxygens (including phenoxy) is 2. The highest BCUT2D eigenvalue weighted by molar-refractivity contribution is 5.78. The van der Waals surface area contributed by atoms with Crippen molar-refractivity contribution in [1.82, 2.24) is 0 Å². The fraction of sp³-hybridized carbons (Fsp3) is 0.857. The Morgan fingerprint density at radius 1 is 1.37 bits per heavy atom. The number of hydrogen-bond donors (Lipinski definition) is 1. The predicted octanol–water partition coefficient (Wildman–Crippen LogP) is 2.02. The van der Waals surface area contributed by atoms with E-state index in [0.717, 1.165) is 0 Å². The highest BCUT2D eigenvalue weighted by Gasteiger charge is 2.57. The van der Waals surface area contributed by atoms with Crippen LogP contribution in [0.5, 0.6) is 0 Å². The van der Waals surface area contributed by atoms with Crippen molar-refractivity contribution in [3.05, 3.63) is 0 Å². The molecule has 0 saturated carbocycles. The van der Waals surface area contributed by atoms with Crippen LogP contribution >= 0.6 is 0 Å². The molecule has 1 aliphatic rings. The van der Waals surface area contributed by atoms with Crippen molar-refractivity contribution in [2.24, 2.45) is 11.3 Å². The van der Waals surface area contributed by atoms with E-state index in [2.05, 4.69) is 0 Å². The quantitative estimate of drug-likeness (QED) is 0.796. The van der Waals surface area contributed by atoms with Crippen LogP contribution in [0, 0.1) is 11.3 Å². The molecular formula is C14H24O5. The summed E-state index contributed by atoms with van der Waals surface area (Å²) in [5, 5.41) is 10.1. The lowest BCUT2D eigenvalue weighted by atomic mass is 9.73. The van der Waals surface area contributed by atoms with E-state index in [9.17, 15) is 14.7 Å². The molecule has 1 rings (SSSR count). The number of rotatable bonds is 3. The Hall–Kier alpha value is -1.10. The number of carbonyl (C=O) groups is 2. The topological polar surface area (TPSA) is 72.8 Å². The van der Waals surface area contributed by atoms with Crippen LogP contribution in [-0.2, 0) is 19.1 Å². The van der Waals surface area contributed by atoms with Gasteiger partial charge < -0.3 is 14.6 Å². The lowest BCUT2D eigenvalue weighted by Gasteiger charge is -2.32. The summed E-state index contributed by atoms with van der Waals surface area (Å²) in [7, 11) is 0. The van der Waals surface area contributed by atoms with Gasteiger partial charge in [0, 0.05) is 18.8 Å². The van der Waals surface area contributed by atoms with Crippen LogP contribution in [0.2, 0.25) is 0 Å². The summed E-state index contributed by atoms with van der Waals surface area (Å²) in [6.45, 7) is 10.4. The van der Waals surface area contributed by atoms with Gasteiger partial charge in [-0.1, -0.05) is 13.8 Å². The summed E-state index contributed by atoms with van der Waals surface area (Å²) < 4.78 is 10.2. The average molecular weight is 272 g/mol. The summed E-state index contributed by atoms with van der Waals surface area (Å²) in [5.41, 5.74) is -1.26. The van der Waals surface area contributed by atoms with Crippen molar-refractivity contribution in [3.63, 3.8) is 0 Å². The van der Waals surface area contributed by atoms with Crippen molar-refractivity contribution >= 4 is 11.9 Å². The standard InChI is InChI=1S/C14H24O5/c1-12(2,3)18-10(15)8-7-9-11(16)19-14(6,17)13(9,4)5/h9,17H,7-8H2,1-6H3/t9-,14?/m1/s1. The molecule has 0 aromatic rings. The van der Waals surface area contributed by atoms with Crippen LogP contribution in [0.3, 0.4) is 0 Å². The third-order valence-corrected chi connectivity index (χ3v) is 3.71. The lowest BCUT2D eigenvalue weighted by molar-refractivity contribution is -0.208. The maximum atomic E-state index is 11.8. The molecule has 1 unspecified atom stereocenters. The largest absolute Gasteiger partial charge is 0.460 e. The Morgan fingerprint density at radius 3 is 2.26 bits per heavy atom. The minimum Gasteiger partial charge on any atom is -0.460 e. The second kappa shape index (κ2) is 4.78. The molecule has 1 heterocycles. The lowest BCUT2D eigenvalue weighted by Crippen LogP contribution is -2.41. The number of cyclic esters (lactones) is 1. The number of hydrogen-bond acceptors (Lipinski definition) is 5. The number of aliphatic hydroxyl groups is 1. The van der Waals surface area contributed by atoms with Gasteiger partial charge in [0.2, 0.25) is 5.79 Å². The van der Waals surface area contributed by atoms with E-state index >= 15 is 0 Å². The van der Waals surface area contributed by atoms with Crippen LogP contribution < -0.4 is 0 Å². The Balaban J connectivity index is 2.63. The third-order valence-electron chi connectivity index (χ3n) is 3.71. The molecule has 0 amide bonds. The zero-order chi connectivity index (χ0) is 15.1. The SMILES string of the molecule is CC(C)(C)OC(=O)CC[C@@H]1C(=O)OC(C)(O)C1(C)C. The molecule has 0 aliphatic carbocycles. The molecule has 19 heavy (non-hydrogen) atoms. The Bertz CT molecular complexity index is 376. The molecule has 0 bridgehead atoms. The Labute approximate surface area is 114 Å². The molecular weight excluding hydrogens is 248 g/mol. The zero-order valence-electron chi connectivity index (χ0n) is 12.6. The molecule has 1 fully saturated rings. The first-order chi connectivity index (χ1) is 8.37. The van der Waals surface area contributed by atoms with Crippen LogP contribution in [0.4, 0.5) is 0 Å². The van der Waals surface area contributed by atoms with Gasteiger partial charge in [-0.3, -0.25) is 9.59 Å². The summed E-state index contributed by atoms with van der Waals surface area (Å²) in [6, 6.07) is 0. The summed E-state index contributed by atoms with van der Waals surface area (Å²) in [4.78, 5) is 23.4. The highest BCUT2D eigenvalue weighted by Crippen LogP contribution is 2.47. The van der Waals surface area contributed by atoms with Gasteiger partial charge in [-0.05, 0) is 27.2 Å². The van der Waals surface area contributed by atoms with E-state index in [-0.39, 0.29) is 12.4 Å². The van der Waals surface area contributed by atoms with E-state index in [1.807, 2.05) is 0 Å². The highest BCUT2D eigenvalue weighted by atomic mass is 16.7. The van der Waals surface area contributed by atoms with Crippen molar-refractivity contribution < 1.29 is 24.2 Å². The minimum absolute atomic E-state index is 0.135. The van der Waals surface area contributed by atoms with Gasteiger partial charge in [0.15, 0.2) is 0 Å². The first-order valence-corrected chi connectivity index (χ1v) is 6.54. The third kappa shape index (κ3) is 3.47. The van der Waals surface area contributed by atoms with Crippen molar-refractivity contribution in [3.8, 4) is 0 Å². The first kappa shape index (κ1) is 16.0. The average Bonchev–Trinajstić information content (AvgIpc) is 2.26. The maximum absolute atomic E-state index is 11.8. The molecule has 0 spiro atoms. The molecule has 1 aliphatic heterocycles. The summed E-state index contributed by atoms with van der Waals surface area (Å²) >= 11 is 0. The van der Waals surface area contributed by atoms with Gasteiger partial charge >= 0.3 is 11.9 Å². The number of esters is 2. The second-order valence-electron chi connectivity index (χ2n) is 6.80. The molecule has 5 heteroatoms. The van der Waals surface area contributed by atoms with Crippen LogP contribution in [0.15, 0.2) is 0 Å². The summed E-state index contributed by atoms with van der Waals surface area (Å²) in [5.74, 6) is -2.81. The van der Waals surface area contributed by atoms with E-state index < -0.39 is 28.7 Å². The van der Waals surface area contributed by atoms with E-state index in [4.69, 9.17) is 9.47 Å². The second-order valence-corrected chi connectivity index (χ2v) is 6.80. The molecule has 0 aromatic carbocycles. The molecule has 0 radical (unpaired) electrons. The van der Waals surface area contributed by atoms with Crippen molar-refractivity contribution in [1.29, 1.82) is 0 Å². The Morgan fingerprint density at radius 2 is 1.89 bits per heavy atom. The first-order valence-electron chi connectivity index (χ1n) is 6.54. The molecule has 110 valence electrons. The van der Waals surface area contributed by atoms with Gasteiger partial charge in [0.25, 0.3) is 0 Å². The van der Waals surface area contributed by atoms with Gasteiger partial charge in [0.05, 0.1) is 5.92 Å². The molecule has 5 nitrogen and oxygen atoms in total. The minimum atomic E-state index is -1.50. The monoisotopic (exact) mass is 272 g/mol. The van der Waals surface area contributed by atoms with Crippen LogP contribution in [0.1, 0.15) is 54.4 Å².